The molecule has 1 N–H and O–H groups in total. The van der Waals surface area contributed by atoms with Gasteiger partial charge in [0.2, 0.25) is 10.0 Å². The lowest BCUT2D eigenvalue weighted by molar-refractivity contribution is 0.230. The van der Waals surface area contributed by atoms with Crippen molar-refractivity contribution in [2.45, 2.75) is 37.9 Å². The molecule has 0 amide bonds. The fraction of sp³-hybridized carbons (Fsp3) is 1.00. The van der Waals surface area contributed by atoms with Crippen molar-refractivity contribution in [3.8, 4) is 0 Å². The minimum atomic E-state index is -3.11. The maximum absolute atomic E-state index is 12.6. The van der Waals surface area contributed by atoms with Gasteiger partial charge in [0.25, 0.3) is 0 Å². The lowest BCUT2D eigenvalue weighted by Crippen LogP contribution is -2.37. The lowest BCUT2D eigenvalue weighted by atomic mass is 9.95. The van der Waals surface area contributed by atoms with Crippen molar-refractivity contribution in [3.63, 3.8) is 0 Å². The quantitative estimate of drug-likeness (QED) is 0.709. The van der Waals surface area contributed by atoms with E-state index in [9.17, 15) is 12.8 Å². The Morgan fingerprint density at radius 1 is 1.25 bits per heavy atom. The number of hydrogen-bond donors (Lipinski definition) is 1. The Morgan fingerprint density at radius 2 is 1.75 bits per heavy atom. The molecule has 1 rings (SSSR count). The summed E-state index contributed by atoms with van der Waals surface area (Å²) in [7, 11) is -3.11. The van der Waals surface area contributed by atoms with E-state index >= 15 is 0 Å². The van der Waals surface area contributed by atoms with E-state index in [2.05, 4.69) is 4.72 Å². The van der Waals surface area contributed by atoms with E-state index in [1.54, 1.807) is 0 Å². The highest BCUT2D eigenvalue weighted by Crippen LogP contribution is 2.21. The molecule has 1 aliphatic carbocycles. The first-order valence-corrected chi connectivity index (χ1v) is 5.98. The molecule has 72 valence electrons. The second-order valence-electron chi connectivity index (χ2n) is 3.34. The van der Waals surface area contributed by atoms with Crippen molar-refractivity contribution < 1.29 is 12.8 Å². The van der Waals surface area contributed by atoms with E-state index < -0.39 is 16.2 Å². The van der Waals surface area contributed by atoms with E-state index in [1.165, 1.54) is 0 Å². The van der Waals surface area contributed by atoms with Gasteiger partial charge in [-0.05, 0) is 25.7 Å². The van der Waals surface area contributed by atoms with Crippen molar-refractivity contribution in [2.75, 3.05) is 6.26 Å². The minimum absolute atomic E-state index is 0.0491. The summed E-state index contributed by atoms with van der Waals surface area (Å²) >= 11 is 0. The molecule has 0 heterocycles. The number of hydrogen-bond acceptors (Lipinski definition) is 2. The highest BCUT2D eigenvalue weighted by molar-refractivity contribution is 7.88. The lowest BCUT2D eigenvalue weighted by Gasteiger charge is -2.23. The van der Waals surface area contributed by atoms with Crippen LogP contribution in [0.25, 0.3) is 0 Å². The monoisotopic (exact) mass is 195 g/mol. The van der Waals surface area contributed by atoms with Gasteiger partial charge in [-0.2, -0.15) is 0 Å². The Balaban J connectivity index is 2.36. The Morgan fingerprint density at radius 3 is 2.17 bits per heavy atom. The van der Waals surface area contributed by atoms with Crippen LogP contribution in [0.3, 0.4) is 0 Å². The van der Waals surface area contributed by atoms with Crippen LogP contribution in [-0.2, 0) is 10.0 Å². The van der Waals surface area contributed by atoms with Gasteiger partial charge in [0.05, 0.1) is 6.26 Å². The van der Waals surface area contributed by atoms with Crippen LogP contribution >= 0.6 is 0 Å². The molecule has 0 spiro atoms. The summed E-state index contributed by atoms with van der Waals surface area (Å²) in [6, 6.07) is -0.0491. The van der Waals surface area contributed by atoms with Crippen LogP contribution < -0.4 is 4.72 Å². The molecule has 0 aromatic heterocycles. The van der Waals surface area contributed by atoms with Crippen LogP contribution in [0.15, 0.2) is 0 Å². The fourth-order valence-corrected chi connectivity index (χ4v) is 2.31. The first-order chi connectivity index (χ1) is 5.47. The van der Waals surface area contributed by atoms with Crippen molar-refractivity contribution in [2.24, 2.45) is 0 Å². The van der Waals surface area contributed by atoms with E-state index in [-0.39, 0.29) is 6.04 Å². The zero-order valence-corrected chi connectivity index (χ0v) is 7.90. The predicted molar refractivity (Wildman–Crippen MR) is 45.1 cm³/mol. The van der Waals surface area contributed by atoms with Gasteiger partial charge in [0.15, 0.2) is 0 Å². The van der Waals surface area contributed by atoms with E-state index in [4.69, 9.17) is 0 Å². The van der Waals surface area contributed by atoms with Gasteiger partial charge in [0, 0.05) is 6.04 Å². The summed E-state index contributed by atoms with van der Waals surface area (Å²) in [5, 5.41) is 0. The molecule has 0 saturated heterocycles. The summed E-state index contributed by atoms with van der Waals surface area (Å²) in [5.74, 6) is 0. The van der Waals surface area contributed by atoms with Gasteiger partial charge < -0.3 is 0 Å². The Hall–Kier alpha value is -0.160. The third-order valence-electron chi connectivity index (χ3n) is 2.04. The van der Waals surface area contributed by atoms with Crippen molar-refractivity contribution in [1.82, 2.24) is 4.72 Å². The van der Waals surface area contributed by atoms with E-state index in [1.807, 2.05) is 0 Å². The molecule has 0 unspecified atom stereocenters. The van der Waals surface area contributed by atoms with Crippen LogP contribution in [0.2, 0.25) is 0 Å². The Bertz CT molecular complexity index is 232. The van der Waals surface area contributed by atoms with Crippen LogP contribution in [0.5, 0.6) is 0 Å². The molecule has 12 heavy (non-hydrogen) atoms. The zero-order chi connectivity index (χ0) is 9.19. The van der Waals surface area contributed by atoms with Gasteiger partial charge in [0.1, 0.15) is 6.17 Å². The predicted octanol–water partition coefficient (Wildman–Crippen LogP) is 0.816. The first kappa shape index (κ1) is 9.92. The second-order valence-corrected chi connectivity index (χ2v) is 5.12. The molecule has 0 atom stereocenters. The van der Waals surface area contributed by atoms with Crippen LogP contribution in [0, 0.1) is 0 Å². The highest BCUT2D eigenvalue weighted by Gasteiger charge is 2.22. The average molecular weight is 195 g/mol. The Kier molecular flexibility index (Phi) is 3.06. The first-order valence-electron chi connectivity index (χ1n) is 4.09. The third kappa shape index (κ3) is 3.49. The van der Waals surface area contributed by atoms with Gasteiger partial charge in [-0.3, -0.25) is 0 Å². The molecule has 0 bridgehead atoms. The number of sulfonamides is 1. The van der Waals surface area contributed by atoms with Gasteiger partial charge in [-0.25, -0.2) is 17.5 Å². The normalized spacial score (nSPS) is 31.8. The summed E-state index contributed by atoms with van der Waals surface area (Å²) in [4.78, 5) is 0. The highest BCUT2D eigenvalue weighted by atomic mass is 32.2. The van der Waals surface area contributed by atoms with Gasteiger partial charge >= 0.3 is 0 Å². The fourth-order valence-electron chi connectivity index (χ4n) is 1.47. The summed E-state index contributed by atoms with van der Waals surface area (Å²) in [6.45, 7) is 0. The molecular weight excluding hydrogens is 181 g/mol. The van der Waals surface area contributed by atoms with E-state index in [0.717, 1.165) is 6.26 Å². The summed E-state index contributed by atoms with van der Waals surface area (Å²) in [6.07, 6.45) is 2.60. The largest absolute Gasteiger partial charge is 0.247 e. The van der Waals surface area contributed by atoms with Gasteiger partial charge in [-0.15, -0.1) is 0 Å². The number of alkyl halides is 1. The smallest absolute Gasteiger partial charge is 0.208 e. The topological polar surface area (TPSA) is 46.2 Å². The third-order valence-corrected chi connectivity index (χ3v) is 2.80. The van der Waals surface area contributed by atoms with Crippen LogP contribution in [0.1, 0.15) is 25.7 Å². The zero-order valence-electron chi connectivity index (χ0n) is 7.09. The molecule has 3 nitrogen and oxygen atoms in total. The number of halogens is 1. The molecule has 1 aliphatic rings. The average Bonchev–Trinajstić information content (AvgIpc) is 1.91. The Labute approximate surface area is 72.4 Å². The maximum atomic E-state index is 12.6. The van der Waals surface area contributed by atoms with Crippen molar-refractivity contribution in [1.29, 1.82) is 0 Å². The molecule has 0 radical (unpaired) electrons. The number of nitrogens with one attached hydrogen (secondary N) is 1. The molecule has 1 saturated carbocycles. The summed E-state index contributed by atoms with van der Waals surface area (Å²) in [5.41, 5.74) is 0. The SMILES string of the molecule is CS(=O)(=O)NC1CCC(F)CC1. The van der Waals surface area contributed by atoms with Crippen molar-refractivity contribution in [3.05, 3.63) is 0 Å². The van der Waals surface area contributed by atoms with Crippen LogP contribution in [0.4, 0.5) is 4.39 Å². The minimum Gasteiger partial charge on any atom is -0.247 e. The van der Waals surface area contributed by atoms with Gasteiger partial charge in [-0.1, -0.05) is 0 Å². The molecular formula is C7H14FNO2S. The molecule has 5 heteroatoms. The summed E-state index contributed by atoms with van der Waals surface area (Å²) < 4.78 is 36.6. The molecule has 0 aromatic rings. The van der Waals surface area contributed by atoms with E-state index in [0.29, 0.717) is 25.7 Å². The van der Waals surface area contributed by atoms with Crippen LogP contribution in [-0.4, -0.2) is 26.9 Å². The van der Waals surface area contributed by atoms with Crippen molar-refractivity contribution >= 4 is 10.0 Å². The second kappa shape index (κ2) is 3.70. The maximum Gasteiger partial charge on any atom is 0.208 e. The molecule has 0 aromatic carbocycles. The molecule has 1 fully saturated rings. The molecule has 0 aliphatic heterocycles. The number of rotatable bonds is 2. The standard InChI is InChI=1S/C7H14FNO2S/c1-12(10,11)9-7-4-2-6(8)3-5-7/h6-7,9H,2-5H2,1H3.